The van der Waals surface area contributed by atoms with Crippen molar-refractivity contribution in [2.24, 2.45) is 0 Å². The maximum atomic E-state index is 8.92. The predicted molar refractivity (Wildman–Crippen MR) is 124 cm³/mol. The van der Waals surface area contributed by atoms with Crippen LogP contribution in [-0.2, 0) is 4.52 Å². The van der Waals surface area contributed by atoms with Gasteiger partial charge in [-0.1, -0.05) is 36.4 Å². The maximum Gasteiger partial charge on any atom is 0.330 e. The molecule has 0 radical (unpaired) electrons. The van der Waals surface area contributed by atoms with Crippen LogP contribution in [0, 0.1) is 0 Å². The van der Waals surface area contributed by atoms with Gasteiger partial charge in [0.05, 0.1) is 30.5 Å². The van der Waals surface area contributed by atoms with Crippen LogP contribution >= 0.6 is 19.9 Å². The predicted octanol–water partition coefficient (Wildman–Crippen LogP) is 5.05. The standard InChI is InChI=1S/C22H21N2O6PS/c1-27-16-11-15(12-17(28-2)21(16)29-13-30-31(25)26)22-23-19(14-7-4-3-5-8-14)20(24-22)18-9-6-10-32-18/h3-12,25-26H,13H2,1-2H3,(H,23,24). The molecular weight excluding hydrogens is 451 g/mol. The Balaban J connectivity index is 1.78. The van der Waals surface area contributed by atoms with Crippen LogP contribution < -0.4 is 14.2 Å². The van der Waals surface area contributed by atoms with E-state index in [0.29, 0.717) is 17.3 Å². The summed E-state index contributed by atoms with van der Waals surface area (Å²) in [5.41, 5.74) is 3.50. The van der Waals surface area contributed by atoms with E-state index in [2.05, 4.69) is 4.98 Å². The number of aromatic nitrogens is 2. The van der Waals surface area contributed by atoms with Crippen LogP contribution in [0.5, 0.6) is 17.2 Å². The number of nitrogens with one attached hydrogen (secondary N) is 1. The molecule has 2 heterocycles. The number of hydrogen-bond acceptors (Lipinski definition) is 8. The highest BCUT2D eigenvalue weighted by Crippen LogP contribution is 2.43. The minimum atomic E-state index is -2.53. The van der Waals surface area contributed by atoms with E-state index in [0.717, 1.165) is 27.4 Å². The van der Waals surface area contributed by atoms with Crippen LogP contribution in [0.25, 0.3) is 33.2 Å². The van der Waals surface area contributed by atoms with Crippen molar-refractivity contribution in [1.29, 1.82) is 0 Å². The van der Waals surface area contributed by atoms with Crippen molar-refractivity contribution in [3.8, 4) is 50.5 Å². The van der Waals surface area contributed by atoms with Gasteiger partial charge in [0, 0.05) is 11.1 Å². The van der Waals surface area contributed by atoms with Gasteiger partial charge in [-0.2, -0.15) is 0 Å². The summed E-state index contributed by atoms with van der Waals surface area (Å²) >= 11 is 1.63. The lowest BCUT2D eigenvalue weighted by Gasteiger charge is -2.15. The monoisotopic (exact) mass is 472 g/mol. The van der Waals surface area contributed by atoms with E-state index in [4.69, 9.17) is 33.5 Å². The van der Waals surface area contributed by atoms with Gasteiger partial charge >= 0.3 is 8.60 Å². The Morgan fingerprint density at radius 2 is 1.69 bits per heavy atom. The van der Waals surface area contributed by atoms with Gasteiger partial charge < -0.3 is 29.0 Å². The van der Waals surface area contributed by atoms with E-state index in [1.54, 1.807) is 23.5 Å². The summed E-state index contributed by atoms with van der Waals surface area (Å²) in [7, 11) is 0.483. The smallest absolute Gasteiger partial charge is 0.330 e. The number of H-pyrrole nitrogens is 1. The lowest BCUT2D eigenvalue weighted by Crippen LogP contribution is -2.03. The Morgan fingerprint density at radius 3 is 2.28 bits per heavy atom. The fourth-order valence-electron chi connectivity index (χ4n) is 3.21. The molecule has 2 aromatic heterocycles. The highest BCUT2D eigenvalue weighted by Gasteiger charge is 2.20. The Bertz CT molecular complexity index is 1140. The quantitative estimate of drug-likeness (QED) is 0.231. The number of benzene rings is 2. The third-order valence-corrected chi connectivity index (χ3v) is 5.85. The number of thiophene rings is 1. The fraction of sp³-hybridized carbons (Fsp3) is 0.136. The summed E-state index contributed by atoms with van der Waals surface area (Å²) in [6.45, 7) is -0.369. The molecule has 0 unspecified atom stereocenters. The summed E-state index contributed by atoms with van der Waals surface area (Å²) in [5, 5.41) is 2.02. The van der Waals surface area contributed by atoms with Crippen LogP contribution in [0.2, 0.25) is 0 Å². The molecule has 3 N–H and O–H groups in total. The van der Waals surface area contributed by atoms with Crippen molar-refractivity contribution in [3.05, 3.63) is 60.0 Å². The largest absolute Gasteiger partial charge is 0.493 e. The molecule has 0 fully saturated rings. The number of aromatic amines is 1. The molecule has 0 atom stereocenters. The molecule has 0 saturated carbocycles. The summed E-state index contributed by atoms with van der Waals surface area (Å²) in [6, 6.07) is 17.5. The highest BCUT2D eigenvalue weighted by molar-refractivity contribution is 7.39. The number of methoxy groups -OCH3 is 2. The summed E-state index contributed by atoms with van der Waals surface area (Å²) < 4.78 is 21.2. The van der Waals surface area contributed by atoms with Gasteiger partial charge in [-0.15, -0.1) is 11.3 Å². The molecule has 2 aromatic carbocycles. The second-order valence-electron chi connectivity index (χ2n) is 6.51. The van der Waals surface area contributed by atoms with E-state index < -0.39 is 8.60 Å². The third-order valence-electron chi connectivity index (χ3n) is 4.62. The molecule has 0 aliphatic rings. The molecule has 8 nitrogen and oxygen atoms in total. The van der Waals surface area contributed by atoms with Crippen molar-refractivity contribution in [1.82, 2.24) is 9.97 Å². The van der Waals surface area contributed by atoms with E-state index in [1.165, 1.54) is 14.2 Å². The molecule has 0 aliphatic carbocycles. The summed E-state index contributed by atoms with van der Waals surface area (Å²) in [4.78, 5) is 27.2. The number of ether oxygens (including phenoxy) is 3. The molecule has 4 aromatic rings. The molecular formula is C22H21N2O6PS. The maximum absolute atomic E-state index is 8.92. The molecule has 0 amide bonds. The van der Waals surface area contributed by atoms with Gasteiger partial charge in [0.1, 0.15) is 5.82 Å². The van der Waals surface area contributed by atoms with Crippen molar-refractivity contribution < 1.29 is 28.5 Å². The first kappa shape index (κ1) is 22.3. The average Bonchev–Trinajstić information content (AvgIpc) is 3.49. The number of rotatable bonds is 9. The van der Waals surface area contributed by atoms with E-state index in [1.807, 2.05) is 47.8 Å². The molecule has 0 saturated heterocycles. The Labute approximate surface area is 190 Å². The Morgan fingerprint density at radius 1 is 0.969 bits per heavy atom. The zero-order valence-electron chi connectivity index (χ0n) is 17.3. The first-order valence-corrected chi connectivity index (χ1v) is 11.5. The number of imidazole rings is 1. The highest BCUT2D eigenvalue weighted by atomic mass is 32.1. The van der Waals surface area contributed by atoms with Crippen LogP contribution in [0.3, 0.4) is 0 Å². The average molecular weight is 472 g/mol. The SMILES string of the molecule is COc1cc(-c2nc(-c3ccccc3)c(-c3cccs3)[nH]2)cc(OC)c1OCOP(O)O. The van der Waals surface area contributed by atoms with Crippen LogP contribution in [0.4, 0.5) is 0 Å². The van der Waals surface area contributed by atoms with Gasteiger partial charge in [-0.05, 0) is 23.6 Å². The molecule has 10 heteroatoms. The minimum Gasteiger partial charge on any atom is -0.493 e. The Hall–Kier alpha value is -2.94. The van der Waals surface area contributed by atoms with Crippen LogP contribution in [0.1, 0.15) is 0 Å². The zero-order chi connectivity index (χ0) is 22.5. The molecule has 166 valence electrons. The molecule has 4 rings (SSSR count). The lowest BCUT2D eigenvalue weighted by atomic mass is 10.1. The van der Waals surface area contributed by atoms with Gasteiger partial charge in [0.25, 0.3) is 0 Å². The number of hydrogen-bond donors (Lipinski definition) is 3. The first-order valence-electron chi connectivity index (χ1n) is 9.50. The van der Waals surface area contributed by atoms with Gasteiger partial charge in [-0.25, -0.2) is 4.98 Å². The van der Waals surface area contributed by atoms with Crippen LogP contribution in [-0.4, -0.2) is 40.8 Å². The van der Waals surface area contributed by atoms with E-state index >= 15 is 0 Å². The first-order chi connectivity index (χ1) is 15.6. The number of nitrogens with zero attached hydrogens (tertiary/aromatic N) is 1. The van der Waals surface area contributed by atoms with Gasteiger partial charge in [0.2, 0.25) is 5.75 Å². The molecule has 0 aliphatic heterocycles. The van der Waals surface area contributed by atoms with Crippen LogP contribution in [0.15, 0.2) is 60.0 Å². The van der Waals surface area contributed by atoms with Crippen molar-refractivity contribution in [2.45, 2.75) is 0 Å². The van der Waals surface area contributed by atoms with Gasteiger partial charge in [-0.3, -0.25) is 4.52 Å². The summed E-state index contributed by atoms with van der Waals surface area (Å²) in [6.07, 6.45) is 0. The van der Waals surface area contributed by atoms with E-state index in [-0.39, 0.29) is 12.5 Å². The van der Waals surface area contributed by atoms with Crippen molar-refractivity contribution >= 4 is 19.9 Å². The topological polar surface area (TPSA) is 106 Å². The third kappa shape index (κ3) is 4.77. The molecule has 0 spiro atoms. The molecule has 32 heavy (non-hydrogen) atoms. The zero-order valence-corrected chi connectivity index (χ0v) is 19.0. The van der Waals surface area contributed by atoms with Gasteiger partial charge in [0.15, 0.2) is 18.3 Å². The van der Waals surface area contributed by atoms with Crippen molar-refractivity contribution in [2.75, 3.05) is 21.0 Å². The second kappa shape index (κ2) is 10.1. The lowest BCUT2D eigenvalue weighted by molar-refractivity contribution is 0.0985. The fourth-order valence-corrected chi connectivity index (χ4v) is 4.08. The second-order valence-corrected chi connectivity index (χ2v) is 8.22. The Kier molecular flexibility index (Phi) is 7.04. The van der Waals surface area contributed by atoms with Crippen molar-refractivity contribution in [3.63, 3.8) is 0 Å². The summed E-state index contributed by atoms with van der Waals surface area (Å²) in [5.74, 6) is 1.70. The normalized spacial score (nSPS) is 11.0. The molecule has 0 bridgehead atoms. The minimum absolute atomic E-state index is 0.281. The van der Waals surface area contributed by atoms with E-state index in [9.17, 15) is 0 Å².